The molecule has 24 heavy (non-hydrogen) atoms. The Morgan fingerprint density at radius 1 is 1.04 bits per heavy atom. The molecule has 0 bridgehead atoms. The Morgan fingerprint density at radius 3 is 2.29 bits per heavy atom. The van der Waals surface area contributed by atoms with Crippen LogP contribution in [-0.4, -0.2) is 31.3 Å². The summed E-state index contributed by atoms with van der Waals surface area (Å²) in [5.41, 5.74) is 0.501. The number of methoxy groups -OCH3 is 1. The van der Waals surface area contributed by atoms with Gasteiger partial charge in [-0.15, -0.1) is 0 Å². The van der Waals surface area contributed by atoms with Gasteiger partial charge in [-0.2, -0.15) is 0 Å². The Hall–Kier alpha value is -1.88. The zero-order chi connectivity index (χ0) is 18.0. The molecule has 0 amide bonds. The molecule has 0 unspecified atom stereocenters. The lowest BCUT2D eigenvalue weighted by molar-refractivity contribution is -0.168. The third-order valence-corrected chi connectivity index (χ3v) is 3.32. The van der Waals surface area contributed by atoms with Crippen LogP contribution in [0.15, 0.2) is 30.3 Å². The van der Waals surface area contributed by atoms with E-state index in [4.69, 9.17) is 14.2 Å². The van der Waals surface area contributed by atoms with E-state index in [0.717, 1.165) is 12.0 Å². The number of esters is 2. The number of unbranched alkanes of at least 4 members (excludes halogenated alkanes) is 1. The minimum Gasteiger partial charge on any atom is -0.468 e. The van der Waals surface area contributed by atoms with E-state index in [-0.39, 0.29) is 0 Å². The van der Waals surface area contributed by atoms with Crippen LogP contribution in [0, 0.1) is 5.92 Å². The molecule has 0 spiro atoms. The third kappa shape index (κ3) is 8.11. The predicted molar refractivity (Wildman–Crippen MR) is 91.3 cm³/mol. The van der Waals surface area contributed by atoms with Crippen LogP contribution in [0.4, 0.5) is 0 Å². The topological polar surface area (TPSA) is 61.8 Å². The highest BCUT2D eigenvalue weighted by Gasteiger charge is 2.31. The van der Waals surface area contributed by atoms with Gasteiger partial charge in [0, 0.05) is 6.61 Å². The number of ether oxygens (including phenoxy) is 3. The van der Waals surface area contributed by atoms with Gasteiger partial charge in [-0.1, -0.05) is 30.3 Å². The molecular weight excluding hydrogens is 308 g/mol. The van der Waals surface area contributed by atoms with Crippen molar-refractivity contribution in [2.24, 2.45) is 5.92 Å². The Labute approximate surface area is 144 Å². The molecule has 0 aliphatic carbocycles. The second-order valence-electron chi connectivity index (χ2n) is 6.64. The fraction of sp³-hybridized carbons (Fsp3) is 0.579. The van der Waals surface area contributed by atoms with Crippen molar-refractivity contribution in [1.82, 2.24) is 0 Å². The van der Waals surface area contributed by atoms with Crippen LogP contribution in [0.5, 0.6) is 0 Å². The summed E-state index contributed by atoms with van der Waals surface area (Å²) in [7, 11) is 1.28. The molecule has 1 atom stereocenters. The van der Waals surface area contributed by atoms with Crippen molar-refractivity contribution in [1.29, 1.82) is 0 Å². The van der Waals surface area contributed by atoms with E-state index < -0.39 is 23.5 Å². The molecule has 0 aliphatic rings. The van der Waals surface area contributed by atoms with Crippen molar-refractivity contribution in [3.8, 4) is 0 Å². The molecule has 5 heteroatoms. The molecule has 134 valence electrons. The summed E-state index contributed by atoms with van der Waals surface area (Å²) >= 11 is 0. The van der Waals surface area contributed by atoms with Gasteiger partial charge in [0.25, 0.3) is 0 Å². The van der Waals surface area contributed by atoms with Gasteiger partial charge in [0.15, 0.2) is 5.92 Å². The van der Waals surface area contributed by atoms with Gasteiger partial charge < -0.3 is 14.2 Å². The SMILES string of the molecule is COC(=O)[C@H](CCCCOCc1ccccc1)C(=O)OC(C)(C)C. The average Bonchev–Trinajstić information content (AvgIpc) is 2.52. The smallest absolute Gasteiger partial charge is 0.320 e. The van der Waals surface area contributed by atoms with E-state index in [9.17, 15) is 9.59 Å². The first-order valence-corrected chi connectivity index (χ1v) is 8.26. The summed E-state index contributed by atoms with van der Waals surface area (Å²) in [5, 5.41) is 0. The van der Waals surface area contributed by atoms with Gasteiger partial charge >= 0.3 is 11.9 Å². The molecule has 0 radical (unpaired) electrons. The molecule has 1 aromatic carbocycles. The second kappa shape index (κ2) is 10.1. The van der Waals surface area contributed by atoms with Crippen molar-refractivity contribution < 1.29 is 23.8 Å². The maximum Gasteiger partial charge on any atom is 0.320 e. The Balaban J connectivity index is 2.32. The van der Waals surface area contributed by atoms with Crippen molar-refractivity contribution in [2.75, 3.05) is 13.7 Å². The molecule has 1 rings (SSSR count). The number of hydrogen-bond donors (Lipinski definition) is 0. The van der Waals surface area contributed by atoms with E-state index >= 15 is 0 Å². The molecule has 0 saturated carbocycles. The maximum absolute atomic E-state index is 12.1. The fourth-order valence-electron chi connectivity index (χ4n) is 2.16. The van der Waals surface area contributed by atoms with Crippen LogP contribution in [0.2, 0.25) is 0 Å². The molecule has 0 fully saturated rings. The minimum atomic E-state index is -0.872. The molecule has 0 aliphatic heterocycles. The third-order valence-electron chi connectivity index (χ3n) is 3.32. The largest absolute Gasteiger partial charge is 0.468 e. The molecule has 5 nitrogen and oxygen atoms in total. The van der Waals surface area contributed by atoms with Gasteiger partial charge in [0.1, 0.15) is 5.60 Å². The molecule has 0 N–H and O–H groups in total. The number of hydrogen-bond acceptors (Lipinski definition) is 5. The summed E-state index contributed by atoms with van der Waals surface area (Å²) in [6.07, 6.45) is 1.85. The van der Waals surface area contributed by atoms with Crippen LogP contribution >= 0.6 is 0 Å². The van der Waals surface area contributed by atoms with Gasteiger partial charge in [-0.3, -0.25) is 9.59 Å². The summed E-state index contributed by atoms with van der Waals surface area (Å²) in [6, 6.07) is 9.93. The first kappa shape index (κ1) is 20.2. The van der Waals surface area contributed by atoms with Crippen LogP contribution in [0.3, 0.4) is 0 Å². The molecule has 0 saturated heterocycles. The Bertz CT molecular complexity index is 504. The highest BCUT2D eigenvalue weighted by molar-refractivity contribution is 5.94. The number of carbonyl (C=O) groups excluding carboxylic acids is 2. The van der Waals surface area contributed by atoms with Crippen LogP contribution in [-0.2, 0) is 30.4 Å². The summed E-state index contributed by atoms with van der Waals surface area (Å²) in [5.74, 6) is -1.95. The van der Waals surface area contributed by atoms with Gasteiger partial charge in [-0.25, -0.2) is 0 Å². The highest BCUT2D eigenvalue weighted by atomic mass is 16.6. The van der Waals surface area contributed by atoms with Crippen molar-refractivity contribution in [3.05, 3.63) is 35.9 Å². The standard InChI is InChI=1S/C19H28O5/c1-19(2,3)24-18(21)16(17(20)22-4)12-8-9-13-23-14-15-10-6-5-7-11-15/h5-7,10-11,16H,8-9,12-14H2,1-4H3/t16-/m0/s1. The first-order chi connectivity index (χ1) is 11.3. The van der Waals surface area contributed by atoms with Gasteiger partial charge in [0.05, 0.1) is 13.7 Å². The number of rotatable bonds is 9. The van der Waals surface area contributed by atoms with Crippen LogP contribution in [0.1, 0.15) is 45.6 Å². The van der Waals surface area contributed by atoms with E-state index in [0.29, 0.717) is 26.1 Å². The van der Waals surface area contributed by atoms with E-state index in [1.54, 1.807) is 20.8 Å². The highest BCUT2D eigenvalue weighted by Crippen LogP contribution is 2.17. The first-order valence-electron chi connectivity index (χ1n) is 8.26. The molecule has 0 heterocycles. The van der Waals surface area contributed by atoms with Crippen LogP contribution < -0.4 is 0 Å². The van der Waals surface area contributed by atoms with E-state index in [1.165, 1.54) is 7.11 Å². The Morgan fingerprint density at radius 2 is 1.71 bits per heavy atom. The zero-order valence-corrected chi connectivity index (χ0v) is 15.0. The van der Waals surface area contributed by atoms with E-state index in [2.05, 4.69) is 0 Å². The average molecular weight is 336 g/mol. The molecule has 1 aromatic rings. The molecule has 0 aromatic heterocycles. The Kier molecular flexibility index (Phi) is 8.47. The lowest BCUT2D eigenvalue weighted by Crippen LogP contribution is -2.33. The van der Waals surface area contributed by atoms with Gasteiger partial charge in [0.2, 0.25) is 0 Å². The van der Waals surface area contributed by atoms with Crippen molar-refractivity contribution >= 4 is 11.9 Å². The second-order valence-corrected chi connectivity index (χ2v) is 6.64. The lowest BCUT2D eigenvalue weighted by atomic mass is 10.0. The number of carbonyl (C=O) groups is 2. The van der Waals surface area contributed by atoms with Gasteiger partial charge in [-0.05, 0) is 45.6 Å². The summed E-state index contributed by atoms with van der Waals surface area (Å²) in [4.78, 5) is 23.9. The monoisotopic (exact) mass is 336 g/mol. The zero-order valence-electron chi connectivity index (χ0n) is 15.0. The van der Waals surface area contributed by atoms with Crippen LogP contribution in [0.25, 0.3) is 0 Å². The quantitative estimate of drug-likeness (QED) is 0.392. The summed E-state index contributed by atoms with van der Waals surface area (Å²) < 4.78 is 15.6. The van der Waals surface area contributed by atoms with Crippen molar-refractivity contribution in [2.45, 2.75) is 52.2 Å². The molecular formula is C19H28O5. The predicted octanol–water partition coefficient (Wildman–Crippen LogP) is 3.50. The van der Waals surface area contributed by atoms with Crippen molar-refractivity contribution in [3.63, 3.8) is 0 Å². The summed E-state index contributed by atoms with van der Waals surface area (Å²) in [6.45, 7) is 6.47. The maximum atomic E-state index is 12.1. The fourth-order valence-corrected chi connectivity index (χ4v) is 2.16. The normalized spacial score (nSPS) is 12.5. The minimum absolute atomic E-state index is 0.399. The van der Waals surface area contributed by atoms with E-state index in [1.807, 2.05) is 30.3 Å². The lowest BCUT2D eigenvalue weighted by Gasteiger charge is -2.22. The number of benzene rings is 1.